The first kappa shape index (κ1) is 16.8. The first-order chi connectivity index (χ1) is 12.2. The van der Waals surface area contributed by atoms with E-state index in [0.29, 0.717) is 18.7 Å². The van der Waals surface area contributed by atoms with Gasteiger partial charge in [-0.3, -0.25) is 4.98 Å². The molecule has 0 aromatic carbocycles. The van der Waals surface area contributed by atoms with Crippen LogP contribution in [0.5, 0.6) is 5.75 Å². The van der Waals surface area contributed by atoms with Crippen LogP contribution in [0.4, 0.5) is 4.79 Å². The number of rotatable bonds is 6. The second-order valence-electron chi connectivity index (χ2n) is 5.69. The number of carbonyl (C=O) groups excluding carboxylic acids is 1. The van der Waals surface area contributed by atoms with Crippen molar-refractivity contribution in [2.45, 2.75) is 19.4 Å². The molecule has 0 unspecified atom stereocenters. The Kier molecular flexibility index (Phi) is 5.13. The predicted octanol–water partition coefficient (Wildman–Crippen LogP) is 2.34. The van der Waals surface area contributed by atoms with E-state index in [2.05, 4.69) is 20.6 Å². The van der Waals surface area contributed by atoms with E-state index >= 15 is 0 Å². The Labute approximate surface area is 146 Å². The van der Waals surface area contributed by atoms with Crippen LogP contribution in [0.3, 0.4) is 0 Å². The lowest BCUT2D eigenvalue weighted by molar-refractivity contribution is 0.238. The smallest absolute Gasteiger partial charge is 0.315 e. The third-order valence-electron chi connectivity index (χ3n) is 3.93. The number of imidazole rings is 1. The molecule has 0 spiro atoms. The number of amides is 2. The van der Waals surface area contributed by atoms with E-state index in [1.165, 1.54) is 0 Å². The fourth-order valence-corrected chi connectivity index (χ4v) is 2.66. The molecular formula is C18H21N5O2. The summed E-state index contributed by atoms with van der Waals surface area (Å²) >= 11 is 0. The molecule has 0 aliphatic heterocycles. The summed E-state index contributed by atoms with van der Waals surface area (Å²) in [5, 5.41) is 5.76. The summed E-state index contributed by atoms with van der Waals surface area (Å²) in [4.78, 5) is 20.6. The standard InChI is InChI=1S/C18H21N5O2/c1-13(15-7-8-19-11-16(15)25-2)21-18(24)20-9-6-14-12-23-10-4-3-5-17(23)22-14/h3-5,7-8,10-13H,6,9H2,1-2H3,(H2,20,21,24)/t13-/m0/s1. The number of nitrogens with one attached hydrogen (secondary N) is 2. The molecule has 0 saturated heterocycles. The molecule has 2 amide bonds. The monoisotopic (exact) mass is 339 g/mol. The lowest BCUT2D eigenvalue weighted by atomic mass is 10.1. The molecular weight excluding hydrogens is 318 g/mol. The van der Waals surface area contributed by atoms with Crippen molar-refractivity contribution in [1.29, 1.82) is 0 Å². The van der Waals surface area contributed by atoms with Crippen molar-refractivity contribution < 1.29 is 9.53 Å². The zero-order valence-corrected chi connectivity index (χ0v) is 14.3. The van der Waals surface area contributed by atoms with Crippen molar-refractivity contribution in [1.82, 2.24) is 25.0 Å². The highest BCUT2D eigenvalue weighted by molar-refractivity contribution is 5.74. The van der Waals surface area contributed by atoms with Crippen LogP contribution in [0.1, 0.15) is 24.2 Å². The number of fused-ring (bicyclic) bond motifs is 1. The second kappa shape index (κ2) is 7.65. The first-order valence-corrected chi connectivity index (χ1v) is 8.12. The summed E-state index contributed by atoms with van der Waals surface area (Å²) in [6.45, 7) is 2.41. The van der Waals surface area contributed by atoms with Crippen LogP contribution in [0, 0.1) is 0 Å². The van der Waals surface area contributed by atoms with Gasteiger partial charge in [0.1, 0.15) is 11.4 Å². The minimum Gasteiger partial charge on any atom is -0.495 e. The molecule has 3 heterocycles. The Morgan fingerprint density at radius 3 is 3.04 bits per heavy atom. The second-order valence-corrected chi connectivity index (χ2v) is 5.69. The van der Waals surface area contributed by atoms with E-state index in [4.69, 9.17) is 4.74 Å². The van der Waals surface area contributed by atoms with Gasteiger partial charge in [-0.2, -0.15) is 0 Å². The maximum Gasteiger partial charge on any atom is 0.315 e. The molecule has 0 aliphatic rings. The van der Waals surface area contributed by atoms with Crippen LogP contribution in [0.2, 0.25) is 0 Å². The molecule has 0 radical (unpaired) electrons. The minimum absolute atomic E-state index is 0.187. The minimum atomic E-state index is -0.227. The summed E-state index contributed by atoms with van der Waals surface area (Å²) in [7, 11) is 1.59. The third kappa shape index (κ3) is 4.06. The third-order valence-corrected chi connectivity index (χ3v) is 3.93. The Balaban J connectivity index is 1.50. The fourth-order valence-electron chi connectivity index (χ4n) is 2.66. The zero-order valence-electron chi connectivity index (χ0n) is 14.3. The highest BCUT2D eigenvalue weighted by Gasteiger charge is 2.13. The number of hydrogen-bond acceptors (Lipinski definition) is 4. The van der Waals surface area contributed by atoms with Gasteiger partial charge in [0, 0.05) is 37.1 Å². The first-order valence-electron chi connectivity index (χ1n) is 8.12. The lowest BCUT2D eigenvalue weighted by Crippen LogP contribution is -2.38. The van der Waals surface area contributed by atoms with Gasteiger partial charge >= 0.3 is 6.03 Å². The van der Waals surface area contributed by atoms with E-state index in [1.807, 2.05) is 48.0 Å². The predicted molar refractivity (Wildman–Crippen MR) is 94.6 cm³/mol. The maximum atomic E-state index is 12.1. The summed E-state index contributed by atoms with van der Waals surface area (Å²) in [5.41, 5.74) is 2.73. The molecule has 2 N–H and O–H groups in total. The van der Waals surface area contributed by atoms with E-state index < -0.39 is 0 Å². The summed E-state index contributed by atoms with van der Waals surface area (Å²) in [5.74, 6) is 0.653. The van der Waals surface area contributed by atoms with Gasteiger partial charge in [-0.1, -0.05) is 6.07 Å². The number of carbonyl (C=O) groups is 1. The van der Waals surface area contributed by atoms with Crippen LogP contribution >= 0.6 is 0 Å². The highest BCUT2D eigenvalue weighted by Crippen LogP contribution is 2.22. The Morgan fingerprint density at radius 2 is 2.24 bits per heavy atom. The molecule has 3 aromatic rings. The fraction of sp³-hybridized carbons (Fsp3) is 0.278. The molecule has 0 bridgehead atoms. The molecule has 7 nitrogen and oxygen atoms in total. The summed E-state index contributed by atoms with van der Waals surface area (Å²) < 4.78 is 7.24. The van der Waals surface area contributed by atoms with Crippen LogP contribution in [-0.2, 0) is 6.42 Å². The van der Waals surface area contributed by atoms with Gasteiger partial charge < -0.3 is 19.8 Å². The van der Waals surface area contributed by atoms with Gasteiger partial charge in [0.2, 0.25) is 0 Å². The van der Waals surface area contributed by atoms with Crippen molar-refractivity contribution in [3.05, 3.63) is 60.3 Å². The number of hydrogen-bond donors (Lipinski definition) is 2. The van der Waals surface area contributed by atoms with E-state index in [-0.39, 0.29) is 12.1 Å². The van der Waals surface area contributed by atoms with Crippen LogP contribution in [0.25, 0.3) is 5.65 Å². The van der Waals surface area contributed by atoms with Crippen molar-refractivity contribution in [3.63, 3.8) is 0 Å². The van der Waals surface area contributed by atoms with E-state index in [0.717, 1.165) is 16.9 Å². The highest BCUT2D eigenvalue weighted by atomic mass is 16.5. The molecule has 0 saturated carbocycles. The van der Waals surface area contributed by atoms with Crippen molar-refractivity contribution in [3.8, 4) is 5.75 Å². The topological polar surface area (TPSA) is 80.5 Å². The number of nitrogens with zero attached hydrogens (tertiary/aromatic N) is 3. The number of ether oxygens (including phenoxy) is 1. The van der Waals surface area contributed by atoms with Crippen LogP contribution in [0.15, 0.2) is 49.1 Å². The SMILES string of the molecule is COc1cnccc1[C@H](C)NC(=O)NCCc1cn2ccccc2n1. The van der Waals surface area contributed by atoms with Crippen LogP contribution < -0.4 is 15.4 Å². The number of pyridine rings is 2. The van der Waals surface area contributed by atoms with Crippen LogP contribution in [-0.4, -0.2) is 34.1 Å². The lowest BCUT2D eigenvalue weighted by Gasteiger charge is -2.17. The van der Waals surface area contributed by atoms with Gasteiger partial charge in [0.25, 0.3) is 0 Å². The molecule has 0 fully saturated rings. The summed E-state index contributed by atoms with van der Waals surface area (Å²) in [6.07, 6.45) is 7.91. The Hall–Kier alpha value is -3.09. The average molecular weight is 339 g/mol. The Morgan fingerprint density at radius 1 is 1.36 bits per heavy atom. The number of urea groups is 1. The Bertz CT molecular complexity index is 828. The molecule has 7 heteroatoms. The molecule has 3 aromatic heterocycles. The largest absolute Gasteiger partial charge is 0.495 e. The average Bonchev–Trinajstić information content (AvgIpc) is 3.04. The van der Waals surface area contributed by atoms with E-state index in [9.17, 15) is 4.79 Å². The molecule has 1 atom stereocenters. The van der Waals surface area contributed by atoms with Gasteiger partial charge in [0.15, 0.2) is 0 Å². The van der Waals surface area contributed by atoms with Gasteiger partial charge in [-0.25, -0.2) is 9.78 Å². The van der Waals surface area contributed by atoms with Crippen molar-refractivity contribution in [2.24, 2.45) is 0 Å². The maximum absolute atomic E-state index is 12.1. The molecule has 0 aliphatic carbocycles. The number of aromatic nitrogens is 3. The molecule has 130 valence electrons. The van der Waals surface area contributed by atoms with Crippen molar-refractivity contribution in [2.75, 3.05) is 13.7 Å². The quantitative estimate of drug-likeness (QED) is 0.722. The van der Waals surface area contributed by atoms with E-state index in [1.54, 1.807) is 19.5 Å². The van der Waals surface area contributed by atoms with Gasteiger partial charge in [0.05, 0.1) is 25.0 Å². The van der Waals surface area contributed by atoms with Crippen molar-refractivity contribution >= 4 is 11.7 Å². The number of methoxy groups -OCH3 is 1. The molecule has 25 heavy (non-hydrogen) atoms. The van der Waals surface area contributed by atoms with Gasteiger partial charge in [-0.15, -0.1) is 0 Å². The summed E-state index contributed by atoms with van der Waals surface area (Å²) in [6, 6.07) is 7.28. The molecule has 3 rings (SSSR count). The zero-order chi connectivity index (χ0) is 17.6. The van der Waals surface area contributed by atoms with Gasteiger partial charge in [-0.05, 0) is 25.1 Å². The normalized spacial score (nSPS) is 11.9.